The maximum atomic E-state index is 5.38. The van der Waals surface area contributed by atoms with E-state index in [-0.39, 0.29) is 0 Å². The molecule has 0 heterocycles. The molecule has 2 unspecified atom stereocenters. The predicted molar refractivity (Wildman–Crippen MR) is 40.7 cm³/mol. The van der Waals surface area contributed by atoms with Crippen molar-refractivity contribution >= 4 is 11.6 Å². The molecule has 56 valence electrons. The quantitative estimate of drug-likeness (QED) is 0.560. The Morgan fingerprint density at radius 2 is 2.00 bits per heavy atom. The zero-order chi connectivity index (χ0) is 7.28. The Morgan fingerprint density at radius 1 is 1.44 bits per heavy atom. The van der Waals surface area contributed by atoms with Gasteiger partial charge in [0.25, 0.3) is 0 Å². The van der Waals surface area contributed by atoms with E-state index < -0.39 is 0 Å². The topological polar surface area (TPSA) is 9.23 Å². The van der Waals surface area contributed by atoms with Crippen LogP contribution in [0.15, 0.2) is 0 Å². The molecule has 0 N–H and O–H groups in total. The van der Waals surface area contributed by atoms with E-state index in [1.165, 1.54) is 0 Å². The number of hydrogen-bond donors (Lipinski definition) is 0. The van der Waals surface area contributed by atoms with E-state index in [0.717, 1.165) is 6.42 Å². The van der Waals surface area contributed by atoms with Crippen molar-refractivity contribution in [3.8, 4) is 0 Å². The van der Waals surface area contributed by atoms with Crippen LogP contribution < -0.4 is 0 Å². The molecule has 0 saturated carbocycles. The van der Waals surface area contributed by atoms with E-state index in [2.05, 4.69) is 20.8 Å². The molecule has 0 aromatic carbocycles. The molecule has 0 fully saturated rings. The van der Waals surface area contributed by atoms with Crippen molar-refractivity contribution < 1.29 is 4.74 Å². The average Bonchev–Trinajstić information content (AvgIpc) is 1.87. The van der Waals surface area contributed by atoms with Gasteiger partial charge >= 0.3 is 0 Å². The molecule has 0 saturated heterocycles. The fraction of sp³-hybridized carbons (Fsp3) is 1.00. The Bertz CT molecular complexity index is 65.9. The van der Waals surface area contributed by atoms with Gasteiger partial charge in [0, 0.05) is 0 Å². The second-order valence-electron chi connectivity index (χ2n) is 2.37. The molecule has 2 atom stereocenters. The molecule has 0 spiro atoms. The molecule has 2 heteroatoms. The third kappa shape index (κ3) is 3.77. The van der Waals surface area contributed by atoms with Gasteiger partial charge in [0.1, 0.15) is 6.07 Å². The summed E-state index contributed by atoms with van der Waals surface area (Å²) in [6.45, 7) is 6.37. The molecule has 0 aliphatic heterocycles. The highest BCUT2D eigenvalue weighted by Crippen LogP contribution is 2.10. The maximum absolute atomic E-state index is 5.38. The minimum Gasteiger partial charge on any atom is -0.363 e. The summed E-state index contributed by atoms with van der Waals surface area (Å²) in [6, 6.07) is 0.311. The van der Waals surface area contributed by atoms with Crippen LogP contribution >= 0.6 is 11.6 Å². The fourth-order valence-electron chi connectivity index (χ4n) is 0.596. The lowest BCUT2D eigenvalue weighted by atomic mass is 10.0. The van der Waals surface area contributed by atoms with Crippen LogP contribution in [0.25, 0.3) is 0 Å². The Labute approximate surface area is 62.3 Å². The number of hydrogen-bond acceptors (Lipinski definition) is 1. The first-order valence-electron chi connectivity index (χ1n) is 3.40. The standard InChI is InChI=1S/C7H15ClO/c1-4-6(2)7(3)9-5-8/h6-7H,4-5H2,1-3H3. The fourth-order valence-corrected chi connectivity index (χ4v) is 0.794. The van der Waals surface area contributed by atoms with Crippen molar-refractivity contribution in [2.45, 2.75) is 33.3 Å². The van der Waals surface area contributed by atoms with Crippen molar-refractivity contribution in [3.05, 3.63) is 0 Å². The van der Waals surface area contributed by atoms with E-state index in [4.69, 9.17) is 16.3 Å². The Kier molecular flexibility index (Phi) is 5.21. The van der Waals surface area contributed by atoms with Gasteiger partial charge in [0.05, 0.1) is 6.10 Å². The summed E-state index contributed by atoms with van der Waals surface area (Å²) in [5, 5.41) is 0. The lowest BCUT2D eigenvalue weighted by Crippen LogP contribution is -2.16. The molecule has 0 aliphatic carbocycles. The van der Waals surface area contributed by atoms with Gasteiger partial charge < -0.3 is 4.74 Å². The lowest BCUT2D eigenvalue weighted by molar-refractivity contribution is 0.0589. The van der Waals surface area contributed by atoms with Gasteiger partial charge in [0.2, 0.25) is 0 Å². The maximum Gasteiger partial charge on any atom is 0.121 e. The minimum atomic E-state index is 0.299. The Balaban J connectivity index is 3.32. The van der Waals surface area contributed by atoms with E-state index in [0.29, 0.717) is 18.1 Å². The third-order valence-corrected chi connectivity index (χ3v) is 1.90. The van der Waals surface area contributed by atoms with Gasteiger partial charge in [-0.2, -0.15) is 0 Å². The van der Waals surface area contributed by atoms with Crippen molar-refractivity contribution in [1.29, 1.82) is 0 Å². The van der Waals surface area contributed by atoms with Crippen LogP contribution in [0.3, 0.4) is 0 Å². The van der Waals surface area contributed by atoms with Crippen LogP contribution in [-0.2, 0) is 4.74 Å². The SMILES string of the molecule is CCC(C)C(C)OCCl. The second kappa shape index (κ2) is 5.07. The number of ether oxygens (including phenoxy) is 1. The zero-order valence-electron chi connectivity index (χ0n) is 6.36. The summed E-state index contributed by atoms with van der Waals surface area (Å²) < 4.78 is 5.16. The molecule has 0 aromatic heterocycles. The number of halogens is 1. The van der Waals surface area contributed by atoms with E-state index in [1.807, 2.05) is 0 Å². The highest BCUT2D eigenvalue weighted by atomic mass is 35.5. The minimum absolute atomic E-state index is 0.299. The molecule has 1 nitrogen and oxygen atoms in total. The van der Waals surface area contributed by atoms with Gasteiger partial charge in [-0.1, -0.05) is 31.9 Å². The molecule has 0 amide bonds. The van der Waals surface area contributed by atoms with Crippen molar-refractivity contribution in [1.82, 2.24) is 0 Å². The second-order valence-corrected chi connectivity index (χ2v) is 2.58. The van der Waals surface area contributed by atoms with Gasteiger partial charge in [-0.15, -0.1) is 0 Å². The highest BCUT2D eigenvalue weighted by Gasteiger charge is 2.08. The molecule has 0 radical (unpaired) electrons. The summed E-state index contributed by atoms with van der Waals surface area (Å²) in [6.07, 6.45) is 1.45. The molecule has 0 rings (SSSR count). The summed E-state index contributed by atoms with van der Waals surface area (Å²) in [5.41, 5.74) is 0. The summed E-state index contributed by atoms with van der Waals surface area (Å²) in [4.78, 5) is 0. The van der Waals surface area contributed by atoms with E-state index in [9.17, 15) is 0 Å². The number of alkyl halides is 1. The summed E-state index contributed by atoms with van der Waals surface area (Å²) in [7, 11) is 0. The molecule has 9 heavy (non-hydrogen) atoms. The molecule has 0 aliphatic rings. The van der Waals surface area contributed by atoms with E-state index >= 15 is 0 Å². The average molecular weight is 151 g/mol. The summed E-state index contributed by atoms with van der Waals surface area (Å²) in [5.74, 6) is 0.615. The van der Waals surface area contributed by atoms with Gasteiger partial charge in [-0.25, -0.2) is 0 Å². The van der Waals surface area contributed by atoms with Crippen LogP contribution in [0.4, 0.5) is 0 Å². The molecule has 0 bridgehead atoms. The first-order valence-corrected chi connectivity index (χ1v) is 3.93. The smallest absolute Gasteiger partial charge is 0.121 e. The predicted octanol–water partition coefficient (Wildman–Crippen LogP) is 2.63. The van der Waals surface area contributed by atoms with Crippen LogP contribution in [0.1, 0.15) is 27.2 Å². The first-order chi connectivity index (χ1) is 4.22. The van der Waals surface area contributed by atoms with Crippen LogP contribution in [0, 0.1) is 5.92 Å². The molecular weight excluding hydrogens is 136 g/mol. The Morgan fingerprint density at radius 3 is 2.33 bits per heavy atom. The van der Waals surface area contributed by atoms with E-state index in [1.54, 1.807) is 0 Å². The number of rotatable bonds is 4. The molecule has 0 aromatic rings. The van der Waals surface area contributed by atoms with Crippen LogP contribution in [0.5, 0.6) is 0 Å². The van der Waals surface area contributed by atoms with Crippen molar-refractivity contribution in [2.24, 2.45) is 5.92 Å². The Hall–Kier alpha value is 0.250. The zero-order valence-corrected chi connectivity index (χ0v) is 7.11. The van der Waals surface area contributed by atoms with Gasteiger partial charge in [0.15, 0.2) is 0 Å². The van der Waals surface area contributed by atoms with Gasteiger partial charge in [-0.05, 0) is 12.8 Å². The largest absolute Gasteiger partial charge is 0.363 e. The van der Waals surface area contributed by atoms with Gasteiger partial charge in [-0.3, -0.25) is 0 Å². The van der Waals surface area contributed by atoms with Crippen LogP contribution in [0.2, 0.25) is 0 Å². The normalized spacial score (nSPS) is 17.3. The monoisotopic (exact) mass is 150 g/mol. The first kappa shape index (κ1) is 9.25. The highest BCUT2D eigenvalue weighted by molar-refractivity contribution is 6.17. The van der Waals surface area contributed by atoms with Crippen LogP contribution in [-0.4, -0.2) is 12.2 Å². The van der Waals surface area contributed by atoms with Crippen molar-refractivity contribution in [2.75, 3.05) is 6.07 Å². The third-order valence-electron chi connectivity index (χ3n) is 1.77. The summed E-state index contributed by atoms with van der Waals surface area (Å²) >= 11 is 5.38. The van der Waals surface area contributed by atoms with Crippen molar-refractivity contribution in [3.63, 3.8) is 0 Å². The molecular formula is C7H15ClO. The lowest BCUT2D eigenvalue weighted by Gasteiger charge is -2.16.